The van der Waals surface area contributed by atoms with Crippen molar-refractivity contribution in [3.05, 3.63) is 76.1 Å². The Balaban J connectivity index is 1.42. The summed E-state index contributed by atoms with van der Waals surface area (Å²) in [5.41, 5.74) is 3.23. The van der Waals surface area contributed by atoms with Gasteiger partial charge in [0.1, 0.15) is 0 Å². The van der Waals surface area contributed by atoms with Gasteiger partial charge in [-0.2, -0.15) is 0 Å². The summed E-state index contributed by atoms with van der Waals surface area (Å²) < 4.78 is 5.04. The summed E-state index contributed by atoms with van der Waals surface area (Å²) in [5, 5.41) is 8.02. The highest BCUT2D eigenvalue weighted by molar-refractivity contribution is 7.10. The van der Waals surface area contributed by atoms with Crippen molar-refractivity contribution in [3.8, 4) is 5.88 Å². The number of benzene rings is 1. The molecule has 3 aromatic rings. The molecule has 0 saturated heterocycles. The molecule has 7 heteroatoms. The summed E-state index contributed by atoms with van der Waals surface area (Å²) in [5.74, 6) is 0.512. The molecular formula is C22H24N4O2S. The third-order valence-corrected chi connectivity index (χ3v) is 6.14. The lowest BCUT2D eigenvalue weighted by atomic mass is 10.0. The van der Waals surface area contributed by atoms with Gasteiger partial charge in [-0.3, -0.25) is 4.90 Å². The second-order valence-electron chi connectivity index (χ2n) is 6.94. The minimum absolute atomic E-state index is 0.115. The first kappa shape index (κ1) is 19.4. The van der Waals surface area contributed by atoms with Gasteiger partial charge in [0.05, 0.1) is 25.0 Å². The number of hydrogen-bond acceptors (Lipinski definition) is 5. The van der Waals surface area contributed by atoms with Crippen LogP contribution >= 0.6 is 11.3 Å². The highest BCUT2D eigenvalue weighted by Crippen LogP contribution is 2.30. The second kappa shape index (κ2) is 9.07. The topological polar surface area (TPSA) is 66.5 Å². The Hall–Kier alpha value is -2.90. The van der Waals surface area contributed by atoms with Crippen molar-refractivity contribution < 1.29 is 9.53 Å². The first-order valence-electron chi connectivity index (χ1n) is 9.62. The number of amides is 2. The van der Waals surface area contributed by atoms with Crippen LogP contribution in [0.4, 0.5) is 10.5 Å². The van der Waals surface area contributed by atoms with Gasteiger partial charge < -0.3 is 15.4 Å². The highest BCUT2D eigenvalue weighted by atomic mass is 32.1. The van der Waals surface area contributed by atoms with Crippen LogP contribution in [0.2, 0.25) is 0 Å². The smallest absolute Gasteiger partial charge is 0.319 e. The normalized spacial score (nSPS) is 14.7. The average Bonchev–Trinajstić information content (AvgIpc) is 3.23. The Morgan fingerprint density at radius 1 is 1.24 bits per heavy atom. The van der Waals surface area contributed by atoms with E-state index < -0.39 is 0 Å². The average molecular weight is 409 g/mol. The second-order valence-corrected chi connectivity index (χ2v) is 7.94. The summed E-state index contributed by atoms with van der Waals surface area (Å²) in [6, 6.07) is 15.9. The lowest BCUT2D eigenvalue weighted by Crippen LogP contribution is -2.41. The molecular weight excluding hydrogens is 384 g/mol. The summed E-state index contributed by atoms with van der Waals surface area (Å²) in [7, 11) is 1.56. The number of thiophene rings is 1. The Morgan fingerprint density at radius 3 is 2.86 bits per heavy atom. The van der Waals surface area contributed by atoms with Crippen LogP contribution in [0.15, 0.2) is 60.1 Å². The van der Waals surface area contributed by atoms with Crippen LogP contribution in [-0.4, -0.2) is 36.1 Å². The van der Waals surface area contributed by atoms with E-state index in [9.17, 15) is 4.79 Å². The fourth-order valence-corrected chi connectivity index (χ4v) is 4.50. The molecule has 0 aliphatic carbocycles. The van der Waals surface area contributed by atoms with Crippen LogP contribution in [-0.2, 0) is 13.0 Å². The van der Waals surface area contributed by atoms with E-state index in [-0.39, 0.29) is 12.1 Å². The number of urea groups is 1. The van der Waals surface area contributed by atoms with Crippen LogP contribution in [0.3, 0.4) is 0 Å². The van der Waals surface area contributed by atoms with E-state index in [1.54, 1.807) is 25.4 Å². The predicted octanol–water partition coefficient (Wildman–Crippen LogP) is 4.07. The molecule has 0 bridgehead atoms. The largest absolute Gasteiger partial charge is 0.481 e. The van der Waals surface area contributed by atoms with Crippen LogP contribution in [0, 0.1) is 0 Å². The molecule has 1 unspecified atom stereocenters. The van der Waals surface area contributed by atoms with E-state index in [4.69, 9.17) is 4.74 Å². The van der Waals surface area contributed by atoms with Crippen molar-refractivity contribution in [2.75, 3.05) is 25.5 Å². The van der Waals surface area contributed by atoms with Crippen LogP contribution in [0.1, 0.15) is 22.0 Å². The number of hydrogen-bond donors (Lipinski definition) is 2. The fraction of sp³-hybridized carbons (Fsp3) is 0.273. The van der Waals surface area contributed by atoms with Gasteiger partial charge in [0.15, 0.2) is 0 Å². The van der Waals surface area contributed by atoms with Gasteiger partial charge in [-0.25, -0.2) is 9.78 Å². The van der Waals surface area contributed by atoms with Crippen molar-refractivity contribution in [1.82, 2.24) is 15.2 Å². The maximum atomic E-state index is 12.4. The number of aromatic nitrogens is 1. The molecule has 0 radical (unpaired) electrons. The summed E-state index contributed by atoms with van der Waals surface area (Å²) in [6.45, 7) is 2.42. The molecule has 0 spiro atoms. The molecule has 2 amide bonds. The minimum atomic E-state index is -0.244. The monoisotopic (exact) mass is 408 g/mol. The van der Waals surface area contributed by atoms with E-state index in [0.29, 0.717) is 18.1 Å². The van der Waals surface area contributed by atoms with E-state index in [1.807, 2.05) is 29.5 Å². The van der Waals surface area contributed by atoms with Crippen LogP contribution < -0.4 is 15.4 Å². The molecule has 1 aliphatic rings. The number of anilines is 1. The van der Waals surface area contributed by atoms with E-state index >= 15 is 0 Å². The van der Waals surface area contributed by atoms with Crippen LogP contribution in [0.25, 0.3) is 0 Å². The van der Waals surface area contributed by atoms with Crippen molar-refractivity contribution >= 4 is 23.1 Å². The number of ether oxygens (including phenoxy) is 1. The lowest BCUT2D eigenvalue weighted by Gasteiger charge is -2.35. The first-order valence-corrected chi connectivity index (χ1v) is 10.5. The summed E-state index contributed by atoms with van der Waals surface area (Å²) in [4.78, 5) is 20.5. The molecule has 29 heavy (non-hydrogen) atoms. The Bertz CT molecular complexity index is 943. The Morgan fingerprint density at radius 2 is 2.10 bits per heavy atom. The Kier molecular flexibility index (Phi) is 6.07. The molecule has 4 rings (SSSR count). The third kappa shape index (κ3) is 4.75. The molecule has 6 nitrogen and oxygen atoms in total. The quantitative estimate of drug-likeness (QED) is 0.645. The Labute approximate surface area is 174 Å². The molecule has 2 N–H and O–H groups in total. The van der Waals surface area contributed by atoms with Crippen molar-refractivity contribution in [3.63, 3.8) is 0 Å². The van der Waals surface area contributed by atoms with Gasteiger partial charge in [0.2, 0.25) is 5.88 Å². The molecule has 1 aliphatic heterocycles. The maximum absolute atomic E-state index is 12.4. The lowest BCUT2D eigenvalue weighted by molar-refractivity contribution is 0.177. The van der Waals surface area contributed by atoms with Crippen molar-refractivity contribution in [2.45, 2.75) is 19.0 Å². The number of nitrogens with one attached hydrogen (secondary N) is 2. The van der Waals surface area contributed by atoms with Gasteiger partial charge in [-0.1, -0.05) is 30.3 Å². The number of carbonyl (C=O) groups excluding carboxylic acids is 1. The van der Waals surface area contributed by atoms with Crippen molar-refractivity contribution in [1.29, 1.82) is 0 Å². The summed E-state index contributed by atoms with van der Waals surface area (Å²) in [6.07, 6.45) is 2.63. The number of pyridine rings is 1. The zero-order chi connectivity index (χ0) is 20.1. The van der Waals surface area contributed by atoms with Gasteiger partial charge in [-0.15, -0.1) is 11.3 Å². The molecule has 0 saturated carbocycles. The predicted molar refractivity (Wildman–Crippen MR) is 115 cm³/mol. The number of carbonyl (C=O) groups is 1. The van der Waals surface area contributed by atoms with Crippen LogP contribution in [0.5, 0.6) is 5.88 Å². The van der Waals surface area contributed by atoms with Gasteiger partial charge in [-0.05, 0) is 35.1 Å². The molecule has 1 aromatic carbocycles. The molecule has 1 atom stereocenters. The summed E-state index contributed by atoms with van der Waals surface area (Å²) >= 11 is 1.84. The first-order chi connectivity index (χ1) is 14.2. The van der Waals surface area contributed by atoms with Crippen molar-refractivity contribution in [2.24, 2.45) is 0 Å². The fourth-order valence-electron chi connectivity index (χ4n) is 3.61. The molecule has 2 aromatic heterocycles. The minimum Gasteiger partial charge on any atom is -0.481 e. The number of fused-ring (bicyclic) bond motifs is 1. The van der Waals surface area contributed by atoms with E-state index in [1.165, 1.54) is 16.0 Å². The standard InChI is InChI=1S/C22H24N4O2S/c1-28-21-8-7-18(13-23-21)25-22(27)24-14-19(16-5-3-2-4-6-16)26-11-9-20-17(15-26)10-12-29-20/h2-8,10,12-13,19H,9,11,14-15H2,1H3,(H2,24,25,27). The molecule has 0 fully saturated rings. The van der Waals surface area contributed by atoms with Gasteiger partial charge in [0.25, 0.3) is 0 Å². The zero-order valence-corrected chi connectivity index (χ0v) is 17.1. The third-order valence-electron chi connectivity index (χ3n) is 5.12. The number of methoxy groups -OCH3 is 1. The van der Waals surface area contributed by atoms with E-state index in [2.05, 4.69) is 44.1 Å². The molecule has 3 heterocycles. The zero-order valence-electron chi connectivity index (χ0n) is 16.3. The number of nitrogens with zero attached hydrogens (tertiary/aromatic N) is 2. The SMILES string of the molecule is COc1ccc(NC(=O)NCC(c2ccccc2)N2CCc3sccc3C2)cn1. The number of rotatable bonds is 6. The highest BCUT2D eigenvalue weighted by Gasteiger charge is 2.25. The van der Waals surface area contributed by atoms with Gasteiger partial charge >= 0.3 is 6.03 Å². The molecule has 150 valence electrons. The van der Waals surface area contributed by atoms with Gasteiger partial charge in [0, 0.05) is 30.6 Å². The van der Waals surface area contributed by atoms with E-state index in [0.717, 1.165) is 19.5 Å². The maximum Gasteiger partial charge on any atom is 0.319 e.